The smallest absolute Gasteiger partial charge is 0.161 e. The monoisotopic (exact) mass is 495 g/mol. The molecule has 6 rings (SSSR count). The fourth-order valence-electron chi connectivity index (χ4n) is 5.07. The molecule has 0 unspecified atom stereocenters. The van der Waals surface area contributed by atoms with Gasteiger partial charge < -0.3 is 14.5 Å². The Morgan fingerprint density at radius 2 is 1.76 bits per heavy atom. The highest BCUT2D eigenvalue weighted by Crippen LogP contribution is 2.59. The van der Waals surface area contributed by atoms with Crippen molar-refractivity contribution >= 4 is 11.0 Å². The van der Waals surface area contributed by atoms with E-state index in [1.165, 1.54) is 0 Å². The quantitative estimate of drug-likeness (QED) is 0.352. The number of methoxy groups -OCH3 is 2. The second-order valence-corrected chi connectivity index (χ2v) is 9.83. The first-order valence-corrected chi connectivity index (χ1v) is 12.3. The summed E-state index contributed by atoms with van der Waals surface area (Å²) in [5, 5.41) is 4.68. The van der Waals surface area contributed by atoms with Gasteiger partial charge in [0.1, 0.15) is 23.3 Å². The number of imidazole rings is 1. The van der Waals surface area contributed by atoms with Gasteiger partial charge in [-0.2, -0.15) is 4.68 Å². The second-order valence-electron chi connectivity index (χ2n) is 9.83. The lowest BCUT2D eigenvalue weighted by molar-refractivity contribution is 0.354. The number of aryl methyl sites for hydroxylation is 2. The zero-order valence-corrected chi connectivity index (χ0v) is 21.6. The van der Waals surface area contributed by atoms with Crippen LogP contribution < -0.4 is 9.47 Å². The molecule has 5 aromatic rings. The lowest BCUT2D eigenvalue weighted by Crippen LogP contribution is -2.14. The van der Waals surface area contributed by atoms with Crippen molar-refractivity contribution in [3.63, 3.8) is 0 Å². The van der Waals surface area contributed by atoms with Crippen LogP contribution in [0.3, 0.4) is 0 Å². The van der Waals surface area contributed by atoms with E-state index in [1.54, 1.807) is 14.2 Å². The average Bonchev–Trinajstić information content (AvgIpc) is 3.22. The first-order valence-electron chi connectivity index (χ1n) is 12.3. The fraction of sp³-hybridized carbons (Fsp3) is 0.321. The van der Waals surface area contributed by atoms with E-state index in [1.807, 2.05) is 61.0 Å². The lowest BCUT2D eigenvalue weighted by Gasteiger charge is -2.14. The van der Waals surface area contributed by atoms with E-state index in [-0.39, 0.29) is 11.3 Å². The molecule has 9 nitrogen and oxygen atoms in total. The number of rotatable bonds is 7. The maximum absolute atomic E-state index is 5.48. The molecule has 37 heavy (non-hydrogen) atoms. The van der Waals surface area contributed by atoms with Crippen LogP contribution in [0.25, 0.3) is 16.9 Å². The Balaban J connectivity index is 1.33. The molecule has 0 spiro atoms. The summed E-state index contributed by atoms with van der Waals surface area (Å²) in [6.45, 7) is 6.06. The molecule has 2 atom stereocenters. The summed E-state index contributed by atoms with van der Waals surface area (Å²) in [6, 6.07) is 16.1. The molecular weight excluding hydrogens is 466 g/mol. The SMILES string of the molecule is COc1ccc(Cc2nc(C)nn2-c2cc([C@]3(C)C[C@H]3c3nc4ccccc4[nH]3)nc(C)n2)cc1OC. The van der Waals surface area contributed by atoms with Gasteiger partial charge in [0.15, 0.2) is 17.3 Å². The van der Waals surface area contributed by atoms with Gasteiger partial charge in [0, 0.05) is 23.8 Å². The third kappa shape index (κ3) is 4.10. The number of aromatic nitrogens is 7. The van der Waals surface area contributed by atoms with Crippen molar-refractivity contribution in [2.45, 2.75) is 44.9 Å². The largest absolute Gasteiger partial charge is 0.493 e. The van der Waals surface area contributed by atoms with Crippen LogP contribution in [0.5, 0.6) is 11.5 Å². The standard InChI is InChI=1S/C28H29N7O2/c1-16-29-24(28(3)15-19(28)27-32-20-8-6-7-9-21(20)33-27)14-26(30-16)35-25(31-17(2)34-35)13-18-10-11-22(36-4)23(12-18)37-5/h6-12,14,19H,13,15H2,1-5H3,(H,32,33)/t19-,28+/m0/s1. The van der Waals surface area contributed by atoms with Crippen molar-refractivity contribution in [1.29, 1.82) is 0 Å². The Morgan fingerprint density at radius 3 is 2.54 bits per heavy atom. The Kier molecular flexibility index (Phi) is 5.43. The van der Waals surface area contributed by atoms with E-state index in [4.69, 9.17) is 29.4 Å². The molecule has 1 aliphatic carbocycles. The van der Waals surface area contributed by atoms with Crippen LogP contribution in [0.2, 0.25) is 0 Å². The van der Waals surface area contributed by atoms with Crippen LogP contribution in [0, 0.1) is 13.8 Å². The van der Waals surface area contributed by atoms with Crippen molar-refractivity contribution in [2.24, 2.45) is 0 Å². The molecule has 0 amide bonds. The van der Waals surface area contributed by atoms with E-state index in [0.29, 0.717) is 29.6 Å². The van der Waals surface area contributed by atoms with Crippen molar-refractivity contribution in [3.05, 3.63) is 83.1 Å². The predicted octanol–water partition coefficient (Wildman–Crippen LogP) is 4.60. The number of H-pyrrole nitrogens is 1. The van der Waals surface area contributed by atoms with E-state index in [9.17, 15) is 0 Å². The molecule has 0 bridgehead atoms. The minimum Gasteiger partial charge on any atom is -0.493 e. The van der Waals surface area contributed by atoms with Crippen LogP contribution in [-0.4, -0.2) is 48.9 Å². The van der Waals surface area contributed by atoms with Gasteiger partial charge in [-0.25, -0.2) is 19.9 Å². The molecule has 3 aromatic heterocycles. The molecule has 2 aromatic carbocycles. The Hall–Kier alpha value is -4.27. The van der Waals surface area contributed by atoms with Crippen LogP contribution >= 0.6 is 0 Å². The van der Waals surface area contributed by atoms with Crippen molar-refractivity contribution in [3.8, 4) is 17.3 Å². The first-order chi connectivity index (χ1) is 17.9. The molecular formula is C28H29N7O2. The summed E-state index contributed by atoms with van der Waals surface area (Å²) in [5.74, 6) is 5.55. The number of fused-ring (bicyclic) bond motifs is 1. The van der Waals surface area contributed by atoms with Gasteiger partial charge in [-0.1, -0.05) is 25.1 Å². The number of aromatic amines is 1. The summed E-state index contributed by atoms with van der Waals surface area (Å²) < 4.78 is 12.7. The molecule has 0 radical (unpaired) electrons. The highest BCUT2D eigenvalue weighted by molar-refractivity contribution is 5.75. The van der Waals surface area contributed by atoms with Crippen LogP contribution in [0.4, 0.5) is 0 Å². The Labute approximate surface area is 214 Å². The number of hydrogen-bond acceptors (Lipinski definition) is 7. The highest BCUT2D eigenvalue weighted by Gasteiger charge is 2.55. The molecule has 3 heterocycles. The summed E-state index contributed by atoms with van der Waals surface area (Å²) in [4.78, 5) is 22.6. The minimum absolute atomic E-state index is 0.129. The van der Waals surface area contributed by atoms with Gasteiger partial charge >= 0.3 is 0 Å². The summed E-state index contributed by atoms with van der Waals surface area (Å²) >= 11 is 0. The van der Waals surface area contributed by atoms with E-state index in [2.05, 4.69) is 23.1 Å². The van der Waals surface area contributed by atoms with E-state index >= 15 is 0 Å². The summed E-state index contributed by atoms with van der Waals surface area (Å²) in [7, 11) is 3.27. The van der Waals surface area contributed by atoms with Crippen LogP contribution in [-0.2, 0) is 11.8 Å². The average molecular weight is 496 g/mol. The normalized spacial score (nSPS) is 18.8. The lowest BCUT2D eigenvalue weighted by atomic mass is 10.0. The Bertz CT molecular complexity index is 1590. The topological polar surface area (TPSA) is 104 Å². The molecule has 1 aliphatic rings. The van der Waals surface area contributed by atoms with Crippen LogP contribution in [0.15, 0.2) is 48.5 Å². The van der Waals surface area contributed by atoms with Gasteiger partial charge in [-0.3, -0.25) is 0 Å². The first kappa shape index (κ1) is 23.1. The molecule has 0 aliphatic heterocycles. The van der Waals surface area contributed by atoms with Crippen LogP contribution in [0.1, 0.15) is 53.8 Å². The molecule has 1 saturated carbocycles. The minimum atomic E-state index is -0.129. The third-order valence-corrected chi connectivity index (χ3v) is 7.19. The predicted molar refractivity (Wildman–Crippen MR) is 140 cm³/mol. The van der Waals surface area contributed by atoms with Gasteiger partial charge in [0.2, 0.25) is 0 Å². The van der Waals surface area contributed by atoms with Gasteiger partial charge in [0.05, 0.1) is 30.9 Å². The van der Waals surface area contributed by atoms with E-state index < -0.39 is 0 Å². The van der Waals surface area contributed by atoms with Crippen molar-refractivity contribution < 1.29 is 9.47 Å². The zero-order chi connectivity index (χ0) is 25.7. The number of nitrogens with one attached hydrogen (secondary N) is 1. The fourth-order valence-corrected chi connectivity index (χ4v) is 5.07. The molecule has 1 fully saturated rings. The van der Waals surface area contributed by atoms with Gasteiger partial charge in [0.25, 0.3) is 0 Å². The number of ether oxygens (including phenoxy) is 2. The maximum atomic E-state index is 5.48. The van der Waals surface area contributed by atoms with E-state index in [0.717, 1.165) is 46.2 Å². The maximum Gasteiger partial charge on any atom is 0.161 e. The molecule has 9 heteroatoms. The number of hydrogen-bond donors (Lipinski definition) is 1. The van der Waals surface area contributed by atoms with Crippen molar-refractivity contribution in [2.75, 3.05) is 14.2 Å². The highest BCUT2D eigenvalue weighted by atomic mass is 16.5. The zero-order valence-electron chi connectivity index (χ0n) is 21.6. The number of nitrogens with zero attached hydrogens (tertiary/aromatic N) is 6. The molecule has 188 valence electrons. The number of para-hydroxylation sites is 2. The summed E-state index contributed by atoms with van der Waals surface area (Å²) in [5.41, 5.74) is 3.95. The second kappa shape index (κ2) is 8.69. The van der Waals surface area contributed by atoms with Crippen molar-refractivity contribution in [1.82, 2.24) is 34.7 Å². The molecule has 0 saturated heterocycles. The van der Waals surface area contributed by atoms with Gasteiger partial charge in [-0.15, -0.1) is 5.10 Å². The molecule has 1 N–H and O–H groups in total. The number of benzene rings is 2. The van der Waals surface area contributed by atoms with Gasteiger partial charge in [-0.05, 0) is 50.1 Å². The summed E-state index contributed by atoms with van der Waals surface area (Å²) in [6.07, 6.45) is 1.54. The Morgan fingerprint density at radius 1 is 0.946 bits per heavy atom. The third-order valence-electron chi connectivity index (χ3n) is 7.19.